The Balaban J connectivity index is 2.16. The number of carbonyl (C=O) groups excluding carboxylic acids is 1. The number of carbonyl (C=O) groups is 1. The number of aromatic nitrogens is 1. The van der Waals surface area contributed by atoms with E-state index >= 15 is 0 Å². The molecule has 0 spiro atoms. The lowest BCUT2D eigenvalue weighted by Gasteiger charge is -2.29. The summed E-state index contributed by atoms with van der Waals surface area (Å²) in [5, 5.41) is 5.76. The fourth-order valence-electron chi connectivity index (χ4n) is 3.05. The van der Waals surface area contributed by atoms with Crippen molar-refractivity contribution in [1.29, 1.82) is 0 Å². The number of halogens is 4. The number of benzene rings is 1. The molecule has 1 amide bonds. The summed E-state index contributed by atoms with van der Waals surface area (Å²) >= 11 is 0. The van der Waals surface area contributed by atoms with Crippen molar-refractivity contribution < 1.29 is 27.1 Å². The molecule has 0 aliphatic heterocycles. The third-order valence-corrected chi connectivity index (χ3v) is 4.79. The van der Waals surface area contributed by atoms with Gasteiger partial charge in [0.1, 0.15) is 6.61 Å². The molecule has 0 fully saturated rings. The average Bonchev–Trinajstić information content (AvgIpc) is 2.80. The molecule has 182 valence electrons. The van der Waals surface area contributed by atoms with Gasteiger partial charge in [-0.05, 0) is 32.0 Å². The summed E-state index contributed by atoms with van der Waals surface area (Å²) in [6.45, 7) is 5.53. The lowest BCUT2D eigenvalue weighted by atomic mass is 10.1. The number of amides is 1. The van der Waals surface area contributed by atoms with Crippen LogP contribution >= 0.6 is 0 Å². The van der Waals surface area contributed by atoms with Gasteiger partial charge in [0, 0.05) is 26.2 Å². The van der Waals surface area contributed by atoms with Crippen LogP contribution in [-0.4, -0.2) is 48.2 Å². The van der Waals surface area contributed by atoms with Gasteiger partial charge < -0.3 is 9.64 Å². The second kappa shape index (κ2) is 12.0. The fraction of sp³-hybridized carbons (Fsp3) is 0.375. The molecule has 10 heteroatoms. The lowest BCUT2D eigenvalue weighted by Crippen LogP contribution is -2.42. The van der Waals surface area contributed by atoms with Gasteiger partial charge in [0.15, 0.2) is 5.82 Å². The number of hydrazone groups is 1. The SMILES string of the molecule is CCC#C/C=N\N(C)c1ccccc1C(=O)N(CC)C(C)COc1ncc(C(F)(F)F)cc1F. The first kappa shape index (κ1) is 26.6. The van der Waals surface area contributed by atoms with Gasteiger partial charge in [0.05, 0.1) is 29.1 Å². The summed E-state index contributed by atoms with van der Waals surface area (Å²) in [7, 11) is 1.69. The Hall–Kier alpha value is -3.61. The van der Waals surface area contributed by atoms with Gasteiger partial charge in [0.25, 0.3) is 5.91 Å². The average molecular weight is 478 g/mol. The number of alkyl halides is 3. The van der Waals surface area contributed by atoms with Gasteiger partial charge in [0.2, 0.25) is 5.88 Å². The topological polar surface area (TPSA) is 58.0 Å². The van der Waals surface area contributed by atoms with E-state index in [4.69, 9.17) is 4.74 Å². The van der Waals surface area contributed by atoms with E-state index in [9.17, 15) is 22.4 Å². The Bertz CT molecular complexity index is 1080. The van der Waals surface area contributed by atoms with E-state index in [2.05, 4.69) is 21.9 Å². The molecule has 1 atom stereocenters. The van der Waals surface area contributed by atoms with Crippen LogP contribution in [0.5, 0.6) is 5.88 Å². The third-order valence-electron chi connectivity index (χ3n) is 4.79. The summed E-state index contributed by atoms with van der Waals surface area (Å²) in [6, 6.07) is 6.70. The Morgan fingerprint density at radius 1 is 1.29 bits per heavy atom. The summed E-state index contributed by atoms with van der Waals surface area (Å²) in [5.74, 6) is 3.56. The van der Waals surface area contributed by atoms with Crippen molar-refractivity contribution >= 4 is 17.8 Å². The summed E-state index contributed by atoms with van der Waals surface area (Å²) in [5.41, 5.74) is -0.262. The highest BCUT2D eigenvalue weighted by Crippen LogP contribution is 2.30. The first-order valence-corrected chi connectivity index (χ1v) is 10.6. The number of anilines is 1. The molecule has 1 aromatic carbocycles. The van der Waals surface area contributed by atoms with Gasteiger partial charge in [-0.3, -0.25) is 9.80 Å². The minimum Gasteiger partial charge on any atom is -0.473 e. The van der Waals surface area contributed by atoms with Crippen LogP contribution in [0.15, 0.2) is 41.6 Å². The zero-order valence-electron chi connectivity index (χ0n) is 19.4. The molecule has 0 aliphatic rings. The molecule has 0 aliphatic carbocycles. The molecule has 1 heterocycles. The highest BCUT2D eigenvalue weighted by Gasteiger charge is 2.32. The molecule has 0 N–H and O–H groups in total. The number of nitrogens with zero attached hydrogens (tertiary/aromatic N) is 4. The fourth-order valence-corrected chi connectivity index (χ4v) is 3.05. The van der Waals surface area contributed by atoms with Crippen LogP contribution in [0.3, 0.4) is 0 Å². The van der Waals surface area contributed by atoms with Crippen molar-refractivity contribution in [3.8, 4) is 17.7 Å². The molecule has 0 radical (unpaired) electrons. The number of likely N-dealkylation sites (N-methyl/N-ethyl adjacent to an activating group) is 1. The smallest absolute Gasteiger partial charge is 0.417 e. The normalized spacial score (nSPS) is 12.1. The molecule has 0 saturated carbocycles. The minimum absolute atomic E-state index is 0.169. The van der Waals surface area contributed by atoms with E-state index in [-0.39, 0.29) is 12.5 Å². The highest BCUT2D eigenvalue weighted by molar-refractivity contribution is 6.00. The maximum atomic E-state index is 14.0. The van der Waals surface area contributed by atoms with E-state index < -0.39 is 29.5 Å². The van der Waals surface area contributed by atoms with Gasteiger partial charge >= 0.3 is 6.18 Å². The molecule has 34 heavy (non-hydrogen) atoms. The van der Waals surface area contributed by atoms with Gasteiger partial charge in [-0.25, -0.2) is 9.37 Å². The van der Waals surface area contributed by atoms with Crippen LogP contribution in [0.2, 0.25) is 0 Å². The zero-order chi connectivity index (χ0) is 25.3. The number of rotatable bonds is 8. The predicted molar refractivity (Wildman–Crippen MR) is 122 cm³/mol. The summed E-state index contributed by atoms with van der Waals surface area (Å²) in [6.07, 6.45) is -2.06. The Kier molecular flexibility index (Phi) is 9.42. The van der Waals surface area contributed by atoms with Crippen LogP contribution in [0.4, 0.5) is 23.2 Å². The zero-order valence-corrected chi connectivity index (χ0v) is 19.4. The van der Waals surface area contributed by atoms with Crippen molar-refractivity contribution in [2.45, 2.75) is 39.4 Å². The van der Waals surface area contributed by atoms with Crippen molar-refractivity contribution in [1.82, 2.24) is 9.88 Å². The van der Waals surface area contributed by atoms with E-state index in [1.54, 1.807) is 45.2 Å². The second-order valence-corrected chi connectivity index (χ2v) is 7.22. The van der Waals surface area contributed by atoms with Crippen LogP contribution in [0, 0.1) is 17.7 Å². The van der Waals surface area contributed by atoms with Gasteiger partial charge in [-0.1, -0.05) is 30.9 Å². The molecule has 6 nitrogen and oxygen atoms in total. The molecule has 0 bridgehead atoms. The summed E-state index contributed by atoms with van der Waals surface area (Å²) < 4.78 is 57.4. The van der Waals surface area contributed by atoms with Gasteiger partial charge in [-0.15, -0.1) is 0 Å². The monoisotopic (exact) mass is 478 g/mol. The van der Waals surface area contributed by atoms with E-state index in [1.165, 1.54) is 16.1 Å². The number of para-hydroxylation sites is 1. The van der Waals surface area contributed by atoms with Crippen LogP contribution < -0.4 is 9.75 Å². The van der Waals surface area contributed by atoms with Crippen LogP contribution in [-0.2, 0) is 6.18 Å². The molecular formula is C24H26F4N4O2. The number of hydrogen-bond donors (Lipinski definition) is 0. The quantitative estimate of drug-likeness (QED) is 0.232. The highest BCUT2D eigenvalue weighted by atomic mass is 19.4. The first-order valence-electron chi connectivity index (χ1n) is 10.6. The Morgan fingerprint density at radius 3 is 2.62 bits per heavy atom. The van der Waals surface area contributed by atoms with Gasteiger partial charge in [-0.2, -0.15) is 18.3 Å². The van der Waals surface area contributed by atoms with Crippen LogP contribution in [0.1, 0.15) is 43.1 Å². The lowest BCUT2D eigenvalue weighted by molar-refractivity contribution is -0.138. The third kappa shape index (κ3) is 6.94. The maximum absolute atomic E-state index is 14.0. The van der Waals surface area contributed by atoms with E-state index in [0.29, 0.717) is 36.5 Å². The molecule has 1 unspecified atom stereocenters. The Morgan fingerprint density at radius 2 is 2.00 bits per heavy atom. The molecule has 2 rings (SSSR count). The largest absolute Gasteiger partial charge is 0.473 e. The van der Waals surface area contributed by atoms with Crippen LogP contribution in [0.25, 0.3) is 0 Å². The number of hydrogen-bond acceptors (Lipinski definition) is 5. The summed E-state index contributed by atoms with van der Waals surface area (Å²) in [4.78, 5) is 18.2. The van der Waals surface area contributed by atoms with Crippen molar-refractivity contribution in [3.63, 3.8) is 0 Å². The number of ether oxygens (including phenoxy) is 1. The second-order valence-electron chi connectivity index (χ2n) is 7.22. The van der Waals surface area contributed by atoms with Crippen molar-refractivity contribution in [3.05, 3.63) is 53.5 Å². The molecule has 1 aromatic heterocycles. The van der Waals surface area contributed by atoms with Crippen molar-refractivity contribution in [2.24, 2.45) is 5.10 Å². The molecule has 2 aromatic rings. The number of pyridine rings is 1. The standard InChI is InChI=1S/C24H26F4N4O2/c1-5-7-10-13-30-31(4)21-12-9-8-11-19(21)23(33)32(6-2)17(3)16-34-22-20(25)14-18(15-29-22)24(26,27)28/h8-9,11-15,17H,5-6,16H2,1-4H3/b30-13-. The molecule has 0 saturated heterocycles. The maximum Gasteiger partial charge on any atom is 0.417 e. The predicted octanol–water partition coefficient (Wildman–Crippen LogP) is 5.00. The van der Waals surface area contributed by atoms with Crippen molar-refractivity contribution in [2.75, 3.05) is 25.2 Å². The minimum atomic E-state index is -4.71. The first-order chi connectivity index (χ1) is 16.1. The Labute approximate surface area is 196 Å². The molecular weight excluding hydrogens is 452 g/mol. The van der Waals surface area contributed by atoms with E-state index in [1.807, 2.05) is 6.92 Å². The van der Waals surface area contributed by atoms with E-state index in [0.717, 1.165) is 0 Å².